The number of aromatic amines is 1. The molecular weight excluding hydrogens is 268 g/mol. The van der Waals surface area contributed by atoms with E-state index in [9.17, 15) is 14.4 Å². The third-order valence-corrected chi connectivity index (χ3v) is 2.26. The maximum Gasteiger partial charge on any atom is 0.356 e. The number of carboxylic acid groups (broad SMARTS) is 1. The summed E-state index contributed by atoms with van der Waals surface area (Å²) >= 11 is 0. The lowest BCUT2D eigenvalue weighted by Crippen LogP contribution is -2.21. The fraction of sp³-hybridized carbons (Fsp3) is 0. The van der Waals surface area contributed by atoms with Crippen LogP contribution in [-0.2, 0) is 0 Å². The number of primary amides is 1. The Balaban J connectivity index is 2.31. The summed E-state index contributed by atoms with van der Waals surface area (Å²) in [6.45, 7) is 0. The largest absolute Gasteiger partial charge is 0.476 e. The van der Waals surface area contributed by atoms with Crippen molar-refractivity contribution in [3.63, 3.8) is 0 Å². The van der Waals surface area contributed by atoms with Crippen molar-refractivity contribution in [1.82, 2.24) is 20.2 Å². The van der Waals surface area contributed by atoms with E-state index in [1.807, 2.05) is 0 Å². The summed E-state index contributed by atoms with van der Waals surface area (Å²) in [5.74, 6) is -3.11. The van der Waals surface area contributed by atoms with Crippen LogP contribution in [0.4, 0.5) is 5.82 Å². The quantitative estimate of drug-likeness (QED) is 0.570. The average molecular weight is 276 g/mol. The normalized spacial score (nSPS) is 10.0. The summed E-state index contributed by atoms with van der Waals surface area (Å²) in [4.78, 5) is 41.1. The average Bonchev–Trinajstić information content (AvgIpc) is 2.87. The van der Waals surface area contributed by atoms with E-state index in [-0.39, 0.29) is 11.4 Å². The van der Waals surface area contributed by atoms with Crippen molar-refractivity contribution in [2.75, 3.05) is 5.32 Å². The van der Waals surface area contributed by atoms with Crippen molar-refractivity contribution in [1.29, 1.82) is 0 Å². The van der Waals surface area contributed by atoms with Crippen molar-refractivity contribution in [3.05, 3.63) is 35.5 Å². The zero-order valence-corrected chi connectivity index (χ0v) is 9.82. The van der Waals surface area contributed by atoms with Crippen LogP contribution in [0.2, 0.25) is 0 Å². The first-order chi connectivity index (χ1) is 9.50. The monoisotopic (exact) mass is 276 g/mol. The number of carboxylic acids is 1. The van der Waals surface area contributed by atoms with Gasteiger partial charge in [0.05, 0.1) is 6.20 Å². The molecule has 0 unspecified atom stereocenters. The Morgan fingerprint density at radius 3 is 2.45 bits per heavy atom. The van der Waals surface area contributed by atoms with E-state index < -0.39 is 29.2 Å². The number of aromatic carboxylic acids is 1. The number of nitrogens with zero attached hydrogens (tertiary/aromatic N) is 3. The molecule has 0 aliphatic carbocycles. The van der Waals surface area contributed by atoms with Crippen LogP contribution in [0, 0.1) is 0 Å². The Morgan fingerprint density at radius 1 is 1.20 bits per heavy atom. The second kappa shape index (κ2) is 5.14. The molecule has 0 aliphatic rings. The zero-order valence-electron chi connectivity index (χ0n) is 9.82. The number of hydrogen-bond donors (Lipinski definition) is 4. The van der Waals surface area contributed by atoms with Gasteiger partial charge >= 0.3 is 5.97 Å². The molecule has 10 nitrogen and oxygen atoms in total. The van der Waals surface area contributed by atoms with E-state index in [1.54, 1.807) is 0 Å². The number of nitrogens with two attached hydrogens (primary N) is 1. The first-order valence-corrected chi connectivity index (χ1v) is 5.19. The number of nitrogens with one attached hydrogen (secondary N) is 2. The van der Waals surface area contributed by atoms with Gasteiger partial charge in [-0.3, -0.25) is 14.7 Å². The van der Waals surface area contributed by atoms with Gasteiger partial charge in [0.1, 0.15) is 11.4 Å². The number of amides is 2. The van der Waals surface area contributed by atoms with Crippen molar-refractivity contribution in [2.45, 2.75) is 0 Å². The maximum atomic E-state index is 11.9. The summed E-state index contributed by atoms with van der Waals surface area (Å²) < 4.78 is 0. The highest BCUT2D eigenvalue weighted by molar-refractivity contribution is 6.10. The molecule has 0 radical (unpaired) electrons. The number of carbonyl (C=O) groups is 3. The zero-order chi connectivity index (χ0) is 14.7. The molecular formula is C10H8N6O4. The van der Waals surface area contributed by atoms with Gasteiger partial charge in [0, 0.05) is 12.4 Å². The SMILES string of the molecule is NC(=O)c1cn[nH]c1NC(=O)c1nccnc1C(=O)O. The van der Waals surface area contributed by atoms with Crippen LogP contribution in [0.25, 0.3) is 0 Å². The second-order valence-corrected chi connectivity index (χ2v) is 3.54. The molecule has 102 valence electrons. The standard InChI is InChI=1S/C10H8N6O4/c11-7(17)4-3-14-16-8(4)15-9(18)5-6(10(19)20)13-2-1-12-5/h1-3H,(H2,11,17)(H,19,20)(H2,14,15,16,18). The highest BCUT2D eigenvalue weighted by atomic mass is 16.4. The Hall–Kier alpha value is -3.30. The van der Waals surface area contributed by atoms with Crippen molar-refractivity contribution in [2.24, 2.45) is 5.73 Å². The van der Waals surface area contributed by atoms with Gasteiger partial charge < -0.3 is 16.2 Å². The van der Waals surface area contributed by atoms with E-state index >= 15 is 0 Å². The van der Waals surface area contributed by atoms with E-state index in [2.05, 4.69) is 25.5 Å². The molecule has 0 spiro atoms. The molecule has 20 heavy (non-hydrogen) atoms. The van der Waals surface area contributed by atoms with Crippen molar-refractivity contribution >= 4 is 23.6 Å². The molecule has 5 N–H and O–H groups in total. The highest BCUT2D eigenvalue weighted by Gasteiger charge is 2.21. The third kappa shape index (κ3) is 2.43. The first-order valence-electron chi connectivity index (χ1n) is 5.19. The lowest BCUT2D eigenvalue weighted by atomic mass is 10.2. The third-order valence-electron chi connectivity index (χ3n) is 2.26. The summed E-state index contributed by atoms with van der Waals surface area (Å²) in [5.41, 5.74) is 4.13. The smallest absolute Gasteiger partial charge is 0.356 e. The minimum absolute atomic E-state index is 0.0425. The van der Waals surface area contributed by atoms with Gasteiger partial charge in [-0.2, -0.15) is 5.10 Å². The lowest BCUT2D eigenvalue weighted by Gasteiger charge is -2.05. The number of aromatic nitrogens is 4. The molecule has 0 atom stereocenters. The molecule has 10 heteroatoms. The van der Waals surface area contributed by atoms with Crippen LogP contribution in [-0.4, -0.2) is 43.1 Å². The Bertz CT molecular complexity index is 695. The number of carbonyl (C=O) groups excluding carboxylic acids is 2. The molecule has 0 fully saturated rings. The predicted octanol–water partition coefficient (Wildman–Crippen LogP) is -0.751. The van der Waals surface area contributed by atoms with Gasteiger partial charge in [0.2, 0.25) is 0 Å². The topological polar surface area (TPSA) is 164 Å². The van der Waals surface area contributed by atoms with Gasteiger partial charge in [0.15, 0.2) is 11.4 Å². The van der Waals surface area contributed by atoms with Gasteiger partial charge in [0.25, 0.3) is 11.8 Å². The number of H-pyrrole nitrogens is 1. The van der Waals surface area contributed by atoms with Gasteiger partial charge in [-0.15, -0.1) is 0 Å². The minimum atomic E-state index is -1.40. The fourth-order valence-electron chi connectivity index (χ4n) is 1.40. The van der Waals surface area contributed by atoms with E-state index in [0.29, 0.717) is 0 Å². The van der Waals surface area contributed by atoms with Crippen molar-refractivity contribution in [3.8, 4) is 0 Å². The molecule has 2 heterocycles. The number of anilines is 1. The second-order valence-electron chi connectivity index (χ2n) is 3.54. The summed E-state index contributed by atoms with van der Waals surface area (Å²) in [7, 11) is 0. The number of hydrogen-bond acceptors (Lipinski definition) is 6. The van der Waals surface area contributed by atoms with Crippen LogP contribution in [0.1, 0.15) is 31.3 Å². The predicted molar refractivity (Wildman–Crippen MR) is 64.1 cm³/mol. The molecule has 0 aromatic carbocycles. The Kier molecular flexibility index (Phi) is 3.37. The van der Waals surface area contributed by atoms with Crippen LogP contribution in [0.3, 0.4) is 0 Å². The lowest BCUT2D eigenvalue weighted by molar-refractivity contribution is 0.0684. The molecule has 0 saturated heterocycles. The minimum Gasteiger partial charge on any atom is -0.476 e. The molecule has 2 aromatic rings. The van der Waals surface area contributed by atoms with Gasteiger partial charge in [-0.05, 0) is 0 Å². The molecule has 0 bridgehead atoms. The summed E-state index contributed by atoms with van der Waals surface area (Å²) in [6.07, 6.45) is 3.45. The van der Waals surface area contributed by atoms with Crippen molar-refractivity contribution < 1.29 is 19.5 Å². The van der Waals surface area contributed by atoms with E-state index in [4.69, 9.17) is 10.8 Å². The molecule has 2 amide bonds. The van der Waals surface area contributed by atoms with Crippen LogP contribution >= 0.6 is 0 Å². The van der Waals surface area contributed by atoms with E-state index in [1.165, 1.54) is 6.20 Å². The molecule has 0 saturated carbocycles. The summed E-state index contributed by atoms with van der Waals surface area (Å²) in [6, 6.07) is 0. The Morgan fingerprint density at radius 2 is 1.85 bits per heavy atom. The highest BCUT2D eigenvalue weighted by Crippen LogP contribution is 2.12. The van der Waals surface area contributed by atoms with Crippen LogP contribution in [0.15, 0.2) is 18.6 Å². The van der Waals surface area contributed by atoms with Crippen LogP contribution < -0.4 is 11.1 Å². The summed E-state index contributed by atoms with van der Waals surface area (Å²) in [5, 5.41) is 17.1. The van der Waals surface area contributed by atoms with Gasteiger partial charge in [-0.1, -0.05) is 0 Å². The molecule has 2 aromatic heterocycles. The van der Waals surface area contributed by atoms with E-state index in [0.717, 1.165) is 12.4 Å². The molecule has 0 aliphatic heterocycles. The number of rotatable bonds is 4. The maximum absolute atomic E-state index is 11.9. The Labute approximate surface area is 111 Å². The first kappa shape index (κ1) is 13.1. The molecule has 2 rings (SSSR count). The van der Waals surface area contributed by atoms with Gasteiger partial charge in [-0.25, -0.2) is 14.8 Å². The van der Waals surface area contributed by atoms with Crippen LogP contribution in [0.5, 0.6) is 0 Å². The fourth-order valence-corrected chi connectivity index (χ4v) is 1.40.